The Hall–Kier alpha value is -2.56. The van der Waals surface area contributed by atoms with Crippen molar-refractivity contribution >= 4 is 35.3 Å². The van der Waals surface area contributed by atoms with E-state index in [1.165, 1.54) is 23.2 Å². The minimum atomic E-state index is -0.672. The second-order valence-electron chi connectivity index (χ2n) is 4.33. The van der Waals surface area contributed by atoms with Gasteiger partial charge in [0.15, 0.2) is 0 Å². The average molecular weight is 322 g/mol. The molecule has 0 radical (unpaired) electrons. The van der Waals surface area contributed by atoms with Crippen LogP contribution in [0.4, 0.5) is 11.4 Å². The van der Waals surface area contributed by atoms with E-state index in [-0.39, 0.29) is 10.6 Å². The number of rotatable bonds is 7. The first kappa shape index (κ1) is 17.5. The Morgan fingerprint density at radius 1 is 1.50 bits per heavy atom. The zero-order chi connectivity index (χ0) is 16.5. The predicted octanol–water partition coefficient (Wildman–Crippen LogP) is 1.08. The van der Waals surface area contributed by atoms with Gasteiger partial charge < -0.3 is 21.7 Å². The molecule has 0 heterocycles. The smallest absolute Gasteiger partial charge is 0.267 e. The van der Waals surface area contributed by atoms with E-state index in [4.69, 9.17) is 28.3 Å². The Bertz CT molecular complexity index is 624. The number of nitrogen functional groups attached to an aromatic ring is 1. The normalized spacial score (nSPS) is 10.7. The van der Waals surface area contributed by atoms with Crippen LogP contribution in [-0.4, -0.2) is 30.3 Å². The topological polar surface area (TPSA) is 125 Å². The zero-order valence-electron chi connectivity index (χ0n) is 11.8. The van der Waals surface area contributed by atoms with E-state index in [1.807, 2.05) is 0 Å². The number of halogens is 1. The summed E-state index contributed by atoms with van der Waals surface area (Å²) in [4.78, 5) is 24.1. The summed E-state index contributed by atoms with van der Waals surface area (Å²) in [6.07, 6.45) is 2.25. The van der Waals surface area contributed by atoms with Crippen molar-refractivity contribution in [3.63, 3.8) is 0 Å². The molecule has 8 heteroatoms. The fourth-order valence-corrected chi connectivity index (χ4v) is 1.78. The lowest BCUT2D eigenvalue weighted by atomic mass is 10.2. The standard InChI is InChI=1S/C14H16ClN5O2/c15-12-6-11(18)2-3-13(12)19-14(22)10(7-17)8-20(9-21)5-1-4-16/h2-3,6,8-9H,1,4-5,16,18H2,(H,19,22)/b10-8-. The SMILES string of the molecule is N#C/C(=C/N(C=O)CCCN)C(=O)Nc1ccc(N)cc1Cl. The molecule has 0 saturated heterocycles. The minimum absolute atomic E-state index is 0.225. The largest absolute Gasteiger partial charge is 0.399 e. The number of nitrogens with one attached hydrogen (secondary N) is 1. The molecule has 0 aromatic heterocycles. The van der Waals surface area contributed by atoms with Crippen LogP contribution in [0.5, 0.6) is 0 Å². The molecule has 1 rings (SSSR count). The maximum absolute atomic E-state index is 12.0. The molecule has 1 aromatic carbocycles. The highest BCUT2D eigenvalue weighted by Crippen LogP contribution is 2.24. The number of nitrogens with two attached hydrogens (primary N) is 2. The van der Waals surface area contributed by atoms with Gasteiger partial charge in [-0.05, 0) is 31.2 Å². The highest BCUT2D eigenvalue weighted by atomic mass is 35.5. The van der Waals surface area contributed by atoms with Crippen LogP contribution in [0, 0.1) is 11.3 Å². The summed E-state index contributed by atoms with van der Waals surface area (Å²) in [5.41, 5.74) is 11.5. The van der Waals surface area contributed by atoms with Crippen molar-refractivity contribution in [2.24, 2.45) is 5.73 Å². The number of nitriles is 1. The van der Waals surface area contributed by atoms with Crippen molar-refractivity contribution in [2.45, 2.75) is 6.42 Å². The third-order valence-corrected chi connectivity index (χ3v) is 2.97. The molecule has 0 unspecified atom stereocenters. The van der Waals surface area contributed by atoms with Crippen molar-refractivity contribution in [2.75, 3.05) is 24.1 Å². The van der Waals surface area contributed by atoms with E-state index in [2.05, 4.69) is 5.32 Å². The summed E-state index contributed by atoms with van der Waals surface area (Å²) < 4.78 is 0. The van der Waals surface area contributed by atoms with E-state index in [0.29, 0.717) is 37.3 Å². The minimum Gasteiger partial charge on any atom is -0.399 e. The molecule has 1 aromatic rings. The Kier molecular flexibility index (Phi) is 6.89. The Morgan fingerprint density at radius 2 is 2.23 bits per heavy atom. The lowest BCUT2D eigenvalue weighted by Crippen LogP contribution is -2.22. The van der Waals surface area contributed by atoms with Crippen molar-refractivity contribution in [3.05, 3.63) is 35.0 Å². The number of amides is 2. The van der Waals surface area contributed by atoms with Gasteiger partial charge in [-0.2, -0.15) is 5.26 Å². The molecule has 116 valence electrons. The zero-order valence-corrected chi connectivity index (χ0v) is 12.5. The molecule has 7 nitrogen and oxygen atoms in total. The number of nitrogens with zero attached hydrogens (tertiary/aromatic N) is 2. The molecule has 0 spiro atoms. The highest BCUT2D eigenvalue weighted by Gasteiger charge is 2.13. The molecule has 0 fully saturated rings. The van der Waals surface area contributed by atoms with Crippen LogP contribution in [0.3, 0.4) is 0 Å². The fraction of sp³-hybridized carbons (Fsp3) is 0.214. The highest BCUT2D eigenvalue weighted by molar-refractivity contribution is 6.34. The van der Waals surface area contributed by atoms with Gasteiger partial charge in [0.2, 0.25) is 6.41 Å². The van der Waals surface area contributed by atoms with E-state index in [1.54, 1.807) is 12.1 Å². The molecule has 22 heavy (non-hydrogen) atoms. The molecule has 0 saturated carbocycles. The Labute approximate surface area is 133 Å². The fourth-order valence-electron chi connectivity index (χ4n) is 1.55. The third kappa shape index (κ3) is 5.09. The van der Waals surface area contributed by atoms with Crippen LogP contribution in [-0.2, 0) is 9.59 Å². The molecule has 2 amide bonds. The summed E-state index contributed by atoms with van der Waals surface area (Å²) in [6.45, 7) is 0.717. The van der Waals surface area contributed by atoms with Crippen LogP contribution < -0.4 is 16.8 Å². The van der Waals surface area contributed by atoms with Gasteiger partial charge in [0.05, 0.1) is 10.7 Å². The summed E-state index contributed by atoms with van der Waals surface area (Å²) >= 11 is 5.95. The first-order chi connectivity index (χ1) is 10.5. The van der Waals surface area contributed by atoms with Crippen molar-refractivity contribution < 1.29 is 9.59 Å². The molecule has 0 aliphatic rings. The van der Waals surface area contributed by atoms with E-state index >= 15 is 0 Å². The second-order valence-corrected chi connectivity index (χ2v) is 4.74. The molecule has 0 aliphatic heterocycles. The third-order valence-electron chi connectivity index (χ3n) is 2.66. The molecular weight excluding hydrogens is 306 g/mol. The number of carbonyl (C=O) groups is 2. The van der Waals surface area contributed by atoms with Crippen molar-refractivity contribution in [3.8, 4) is 6.07 Å². The predicted molar refractivity (Wildman–Crippen MR) is 84.6 cm³/mol. The number of anilines is 2. The summed E-state index contributed by atoms with van der Waals surface area (Å²) in [6, 6.07) is 6.31. The maximum Gasteiger partial charge on any atom is 0.267 e. The lowest BCUT2D eigenvalue weighted by Gasteiger charge is -2.12. The Morgan fingerprint density at radius 3 is 2.77 bits per heavy atom. The van der Waals surface area contributed by atoms with Gasteiger partial charge in [-0.15, -0.1) is 0 Å². The van der Waals surface area contributed by atoms with Gasteiger partial charge in [-0.25, -0.2) is 0 Å². The quantitative estimate of drug-likeness (QED) is 0.300. The van der Waals surface area contributed by atoms with Gasteiger partial charge in [-0.3, -0.25) is 9.59 Å². The van der Waals surface area contributed by atoms with Gasteiger partial charge in [-0.1, -0.05) is 11.6 Å². The summed E-state index contributed by atoms with van der Waals surface area (Å²) in [5, 5.41) is 11.8. The monoisotopic (exact) mass is 321 g/mol. The van der Waals surface area contributed by atoms with Gasteiger partial charge >= 0.3 is 0 Å². The van der Waals surface area contributed by atoms with E-state index < -0.39 is 5.91 Å². The van der Waals surface area contributed by atoms with Crippen molar-refractivity contribution in [1.29, 1.82) is 5.26 Å². The first-order valence-corrected chi connectivity index (χ1v) is 6.79. The first-order valence-electron chi connectivity index (χ1n) is 6.41. The van der Waals surface area contributed by atoms with E-state index in [0.717, 1.165) is 0 Å². The van der Waals surface area contributed by atoms with Crippen LogP contribution in [0.15, 0.2) is 30.0 Å². The molecule has 0 bridgehead atoms. The van der Waals surface area contributed by atoms with Crippen LogP contribution in [0.1, 0.15) is 6.42 Å². The lowest BCUT2D eigenvalue weighted by molar-refractivity contribution is -0.116. The number of benzene rings is 1. The molecular formula is C14H16ClN5O2. The summed E-state index contributed by atoms with van der Waals surface area (Å²) in [7, 11) is 0. The van der Waals surface area contributed by atoms with Crippen LogP contribution in [0.2, 0.25) is 5.02 Å². The van der Waals surface area contributed by atoms with Crippen LogP contribution in [0.25, 0.3) is 0 Å². The molecule has 5 N–H and O–H groups in total. The van der Waals surface area contributed by atoms with Crippen LogP contribution >= 0.6 is 11.6 Å². The molecule has 0 aliphatic carbocycles. The number of carbonyl (C=O) groups excluding carboxylic acids is 2. The number of hydrogen-bond donors (Lipinski definition) is 3. The molecule has 0 atom stereocenters. The Balaban J connectivity index is 2.88. The maximum atomic E-state index is 12.0. The second kappa shape index (κ2) is 8.67. The van der Waals surface area contributed by atoms with Gasteiger partial charge in [0.1, 0.15) is 11.6 Å². The van der Waals surface area contributed by atoms with Crippen molar-refractivity contribution in [1.82, 2.24) is 4.90 Å². The van der Waals surface area contributed by atoms with E-state index in [9.17, 15) is 9.59 Å². The van der Waals surface area contributed by atoms with Gasteiger partial charge in [0.25, 0.3) is 5.91 Å². The number of hydrogen-bond acceptors (Lipinski definition) is 5. The summed E-state index contributed by atoms with van der Waals surface area (Å²) in [5.74, 6) is -0.672. The average Bonchev–Trinajstić information content (AvgIpc) is 2.50. The van der Waals surface area contributed by atoms with Gasteiger partial charge in [0, 0.05) is 18.4 Å².